The molecule has 6 heteroatoms. The highest BCUT2D eigenvalue weighted by Gasteiger charge is 2.37. The topological polar surface area (TPSA) is 58.4 Å². The lowest BCUT2D eigenvalue weighted by Gasteiger charge is -2.36. The van der Waals surface area contributed by atoms with Crippen molar-refractivity contribution < 1.29 is 9.21 Å². The molecule has 1 atom stereocenters. The van der Waals surface area contributed by atoms with Crippen LogP contribution < -0.4 is 10.2 Å². The number of fused-ring (bicyclic) bond motifs is 1. The van der Waals surface area contributed by atoms with Crippen molar-refractivity contribution in [2.75, 3.05) is 18.0 Å². The molecule has 2 aromatic rings. The summed E-state index contributed by atoms with van der Waals surface area (Å²) >= 11 is 5.92. The summed E-state index contributed by atoms with van der Waals surface area (Å²) in [6.07, 6.45) is 5.21. The molecule has 0 aromatic carbocycles. The second kappa shape index (κ2) is 7.43. The van der Waals surface area contributed by atoms with Gasteiger partial charge in [0.25, 0.3) is 0 Å². The van der Waals surface area contributed by atoms with Crippen LogP contribution in [0.5, 0.6) is 0 Å². The summed E-state index contributed by atoms with van der Waals surface area (Å²) in [7, 11) is 0. The third kappa shape index (κ3) is 4.04. The summed E-state index contributed by atoms with van der Waals surface area (Å²) in [4.78, 5) is 19.6. The largest absolute Gasteiger partial charge is 0.466 e. The predicted octanol–water partition coefficient (Wildman–Crippen LogP) is 4.68. The number of amides is 1. The Bertz CT molecular complexity index is 851. The number of carbonyl (C=O) groups is 1. The van der Waals surface area contributed by atoms with Crippen molar-refractivity contribution in [2.24, 2.45) is 11.3 Å². The molecule has 5 nitrogen and oxygen atoms in total. The van der Waals surface area contributed by atoms with Crippen molar-refractivity contribution in [1.82, 2.24) is 10.3 Å². The number of anilines is 1. The van der Waals surface area contributed by atoms with Gasteiger partial charge in [0.05, 0.1) is 11.1 Å². The van der Waals surface area contributed by atoms with Crippen LogP contribution in [-0.4, -0.2) is 24.0 Å². The molecular formula is C22H28ClN3O2. The van der Waals surface area contributed by atoms with Gasteiger partial charge in [-0.3, -0.25) is 4.79 Å². The SMILES string of the molecule is Cc1cc2c(o1)CC(C)(C)CC2NC(=O)C1CCN(c2ccc(Cl)cn2)CC1. The van der Waals surface area contributed by atoms with Gasteiger partial charge in [-0.1, -0.05) is 25.4 Å². The number of hydrogen-bond acceptors (Lipinski definition) is 4. The number of rotatable bonds is 3. The summed E-state index contributed by atoms with van der Waals surface area (Å²) in [6.45, 7) is 8.12. The maximum absolute atomic E-state index is 13.0. The highest BCUT2D eigenvalue weighted by molar-refractivity contribution is 6.30. The van der Waals surface area contributed by atoms with Crippen LogP contribution in [0.25, 0.3) is 0 Å². The van der Waals surface area contributed by atoms with E-state index in [2.05, 4.69) is 35.1 Å². The molecule has 1 unspecified atom stereocenters. The van der Waals surface area contributed by atoms with E-state index in [-0.39, 0.29) is 23.3 Å². The normalized spacial score (nSPS) is 22.0. The van der Waals surface area contributed by atoms with Crippen molar-refractivity contribution in [1.29, 1.82) is 0 Å². The minimum atomic E-state index is 0.0414. The van der Waals surface area contributed by atoms with Gasteiger partial charge in [-0.15, -0.1) is 0 Å². The molecule has 1 aliphatic heterocycles. The van der Waals surface area contributed by atoms with Gasteiger partial charge in [-0.2, -0.15) is 0 Å². The Kier molecular flexibility index (Phi) is 5.13. The lowest BCUT2D eigenvalue weighted by atomic mass is 9.74. The molecule has 1 amide bonds. The Morgan fingerprint density at radius 1 is 1.32 bits per heavy atom. The number of furan rings is 1. The summed E-state index contributed by atoms with van der Waals surface area (Å²) in [5.41, 5.74) is 1.28. The second-order valence-electron chi connectivity index (χ2n) is 8.94. The van der Waals surface area contributed by atoms with Gasteiger partial charge in [0.15, 0.2) is 0 Å². The van der Waals surface area contributed by atoms with E-state index in [4.69, 9.17) is 16.0 Å². The van der Waals surface area contributed by atoms with Crippen LogP contribution in [0, 0.1) is 18.3 Å². The zero-order valence-corrected chi connectivity index (χ0v) is 17.6. The monoisotopic (exact) mass is 401 g/mol. The van der Waals surface area contributed by atoms with Crippen LogP contribution in [0.4, 0.5) is 5.82 Å². The molecule has 0 bridgehead atoms. The minimum absolute atomic E-state index is 0.0414. The molecule has 3 heterocycles. The quantitative estimate of drug-likeness (QED) is 0.811. The van der Waals surface area contributed by atoms with E-state index in [0.29, 0.717) is 5.02 Å². The van der Waals surface area contributed by atoms with Crippen LogP contribution in [0.3, 0.4) is 0 Å². The van der Waals surface area contributed by atoms with Crippen LogP contribution in [0.2, 0.25) is 5.02 Å². The minimum Gasteiger partial charge on any atom is -0.466 e. The zero-order chi connectivity index (χ0) is 19.9. The number of piperidine rings is 1. The van der Waals surface area contributed by atoms with Gasteiger partial charge in [-0.05, 0) is 49.8 Å². The molecule has 0 radical (unpaired) electrons. The summed E-state index contributed by atoms with van der Waals surface area (Å²) in [6, 6.07) is 5.93. The molecule has 1 N–H and O–H groups in total. The lowest BCUT2D eigenvalue weighted by molar-refractivity contribution is -0.126. The first-order chi connectivity index (χ1) is 13.3. The fraction of sp³-hybridized carbons (Fsp3) is 0.545. The third-order valence-corrected chi connectivity index (χ3v) is 6.18. The van der Waals surface area contributed by atoms with Gasteiger partial charge in [-0.25, -0.2) is 4.98 Å². The average molecular weight is 402 g/mol. The summed E-state index contributed by atoms with van der Waals surface area (Å²) < 4.78 is 5.90. The van der Waals surface area contributed by atoms with Gasteiger partial charge >= 0.3 is 0 Å². The van der Waals surface area contributed by atoms with Crippen molar-refractivity contribution in [2.45, 2.75) is 52.5 Å². The first kappa shape index (κ1) is 19.3. The second-order valence-corrected chi connectivity index (χ2v) is 9.37. The molecule has 4 rings (SSSR count). The van der Waals surface area contributed by atoms with Gasteiger partial charge in [0, 0.05) is 37.2 Å². The van der Waals surface area contributed by atoms with Crippen molar-refractivity contribution >= 4 is 23.3 Å². The van der Waals surface area contributed by atoms with Crippen molar-refractivity contribution in [3.05, 3.63) is 46.5 Å². The first-order valence-electron chi connectivity index (χ1n) is 10.1. The number of pyridine rings is 1. The first-order valence-corrected chi connectivity index (χ1v) is 10.4. The Labute approximate surface area is 171 Å². The molecular weight excluding hydrogens is 374 g/mol. The number of halogens is 1. The molecule has 0 saturated carbocycles. The third-order valence-electron chi connectivity index (χ3n) is 5.95. The molecule has 2 aliphatic rings. The van der Waals surface area contributed by atoms with E-state index in [1.54, 1.807) is 6.20 Å². The molecule has 0 spiro atoms. The van der Waals surface area contributed by atoms with Gasteiger partial charge < -0.3 is 14.6 Å². The highest BCUT2D eigenvalue weighted by atomic mass is 35.5. The summed E-state index contributed by atoms with van der Waals surface area (Å²) in [5.74, 6) is 3.09. The Morgan fingerprint density at radius 2 is 2.07 bits per heavy atom. The molecule has 28 heavy (non-hydrogen) atoms. The maximum atomic E-state index is 13.0. The van der Waals surface area contributed by atoms with Crippen LogP contribution in [0.15, 0.2) is 28.8 Å². The molecule has 150 valence electrons. The van der Waals surface area contributed by atoms with E-state index in [0.717, 1.165) is 61.7 Å². The van der Waals surface area contributed by atoms with E-state index in [9.17, 15) is 4.79 Å². The number of nitrogens with one attached hydrogen (secondary N) is 1. The van der Waals surface area contributed by atoms with Crippen LogP contribution in [-0.2, 0) is 11.2 Å². The molecule has 1 saturated heterocycles. The van der Waals surface area contributed by atoms with Crippen LogP contribution in [0.1, 0.15) is 56.2 Å². The number of aromatic nitrogens is 1. The van der Waals surface area contributed by atoms with E-state index in [1.807, 2.05) is 19.1 Å². The number of carbonyl (C=O) groups excluding carboxylic acids is 1. The Balaban J connectivity index is 1.39. The smallest absolute Gasteiger partial charge is 0.223 e. The van der Waals surface area contributed by atoms with E-state index in [1.165, 1.54) is 0 Å². The standard InChI is InChI=1S/C22H28ClN3O2/c1-14-10-17-18(11-22(2,3)12-19(17)28-14)25-21(27)15-6-8-26(9-7-15)20-5-4-16(23)13-24-20/h4-5,10,13,15,18H,6-9,11-12H2,1-3H3,(H,25,27). The van der Waals surface area contributed by atoms with E-state index >= 15 is 0 Å². The van der Waals surface area contributed by atoms with Crippen molar-refractivity contribution in [3.8, 4) is 0 Å². The molecule has 1 aliphatic carbocycles. The average Bonchev–Trinajstić information content (AvgIpc) is 3.01. The number of hydrogen-bond donors (Lipinski definition) is 1. The number of aryl methyl sites for hydroxylation is 1. The van der Waals surface area contributed by atoms with Gasteiger partial charge in [0.2, 0.25) is 5.91 Å². The Hall–Kier alpha value is -2.01. The molecule has 2 aromatic heterocycles. The zero-order valence-electron chi connectivity index (χ0n) is 16.8. The Morgan fingerprint density at radius 3 is 2.75 bits per heavy atom. The summed E-state index contributed by atoms with van der Waals surface area (Å²) in [5, 5.41) is 3.97. The predicted molar refractivity (Wildman–Crippen MR) is 111 cm³/mol. The number of nitrogens with zero attached hydrogens (tertiary/aromatic N) is 2. The fourth-order valence-corrected chi connectivity index (χ4v) is 4.64. The fourth-order valence-electron chi connectivity index (χ4n) is 4.53. The highest BCUT2D eigenvalue weighted by Crippen LogP contribution is 2.42. The maximum Gasteiger partial charge on any atom is 0.223 e. The lowest BCUT2D eigenvalue weighted by Crippen LogP contribution is -2.43. The van der Waals surface area contributed by atoms with E-state index < -0.39 is 0 Å². The van der Waals surface area contributed by atoms with Crippen LogP contribution >= 0.6 is 11.6 Å². The van der Waals surface area contributed by atoms with Gasteiger partial charge in [0.1, 0.15) is 17.3 Å². The van der Waals surface area contributed by atoms with Crippen molar-refractivity contribution in [3.63, 3.8) is 0 Å². The molecule has 1 fully saturated rings.